The summed E-state index contributed by atoms with van der Waals surface area (Å²) in [5.74, 6) is 0. The molecule has 12 heavy (non-hydrogen) atoms. The van der Waals surface area contributed by atoms with Crippen LogP contribution < -0.4 is 0 Å². The third-order valence-electron chi connectivity index (χ3n) is 1.86. The van der Waals surface area contributed by atoms with Crippen molar-refractivity contribution in [1.29, 1.82) is 0 Å². The normalized spacial score (nSPS) is 11.6. The van der Waals surface area contributed by atoms with E-state index in [1.165, 1.54) is 0 Å². The van der Waals surface area contributed by atoms with Crippen LogP contribution in [-0.2, 0) is 10.3 Å². The molecule has 0 aliphatic rings. The second-order valence-corrected chi connectivity index (χ2v) is 3.19. The van der Waals surface area contributed by atoms with Crippen LogP contribution in [0.1, 0.15) is 26.3 Å². The van der Waals surface area contributed by atoms with E-state index in [-0.39, 0.29) is 5.60 Å². The highest BCUT2D eigenvalue weighted by atomic mass is 16.5. The first kappa shape index (κ1) is 9.20. The van der Waals surface area contributed by atoms with Crippen LogP contribution in [0.25, 0.3) is 0 Å². The summed E-state index contributed by atoms with van der Waals surface area (Å²) >= 11 is 0. The molecule has 0 amide bonds. The summed E-state index contributed by atoms with van der Waals surface area (Å²) in [5.41, 5.74) is 0.898. The van der Waals surface area contributed by atoms with Crippen LogP contribution in [0.15, 0.2) is 24.5 Å². The summed E-state index contributed by atoms with van der Waals surface area (Å²) in [7, 11) is 0. The molecule has 0 fully saturated rings. The van der Waals surface area contributed by atoms with Gasteiger partial charge in [-0.15, -0.1) is 0 Å². The highest BCUT2D eigenvalue weighted by Gasteiger charge is 2.19. The highest BCUT2D eigenvalue weighted by Crippen LogP contribution is 2.22. The maximum absolute atomic E-state index is 5.58. The van der Waals surface area contributed by atoms with Crippen molar-refractivity contribution in [3.05, 3.63) is 30.1 Å². The molecule has 0 bridgehead atoms. The first-order valence-corrected chi connectivity index (χ1v) is 4.21. The molecule has 0 saturated heterocycles. The van der Waals surface area contributed by atoms with E-state index in [2.05, 4.69) is 4.98 Å². The van der Waals surface area contributed by atoms with Gasteiger partial charge in [-0.25, -0.2) is 0 Å². The second kappa shape index (κ2) is 3.68. The van der Waals surface area contributed by atoms with E-state index in [4.69, 9.17) is 4.74 Å². The van der Waals surface area contributed by atoms with Crippen LogP contribution in [0.3, 0.4) is 0 Å². The van der Waals surface area contributed by atoms with Crippen molar-refractivity contribution in [3.8, 4) is 0 Å². The van der Waals surface area contributed by atoms with Crippen LogP contribution in [0.2, 0.25) is 0 Å². The lowest BCUT2D eigenvalue weighted by molar-refractivity contribution is -0.0142. The van der Waals surface area contributed by atoms with Gasteiger partial charge in [-0.1, -0.05) is 6.07 Å². The third-order valence-corrected chi connectivity index (χ3v) is 1.86. The van der Waals surface area contributed by atoms with Crippen molar-refractivity contribution in [3.63, 3.8) is 0 Å². The van der Waals surface area contributed by atoms with E-state index in [1.807, 2.05) is 39.1 Å². The smallest absolute Gasteiger partial charge is 0.0889 e. The fraction of sp³-hybridized carbons (Fsp3) is 0.500. The standard InChI is InChI=1S/C10H15NO/c1-4-12-10(2,3)9-6-5-7-11-8-9/h5-8H,4H2,1-3H3. The van der Waals surface area contributed by atoms with Crippen LogP contribution in [0, 0.1) is 0 Å². The predicted octanol–water partition coefficient (Wildman–Crippen LogP) is 2.35. The van der Waals surface area contributed by atoms with Crippen molar-refractivity contribution >= 4 is 0 Å². The molecule has 0 radical (unpaired) electrons. The number of hydrogen-bond acceptors (Lipinski definition) is 2. The van der Waals surface area contributed by atoms with Gasteiger partial charge in [-0.3, -0.25) is 4.98 Å². The van der Waals surface area contributed by atoms with Gasteiger partial charge in [-0.05, 0) is 26.8 Å². The van der Waals surface area contributed by atoms with Crippen molar-refractivity contribution in [2.24, 2.45) is 0 Å². The molecule has 66 valence electrons. The first-order chi connectivity index (χ1) is 5.67. The SMILES string of the molecule is CCOC(C)(C)c1cccnc1. The van der Waals surface area contributed by atoms with Crippen molar-refractivity contribution in [1.82, 2.24) is 4.98 Å². The van der Waals surface area contributed by atoms with E-state index in [1.54, 1.807) is 6.20 Å². The Hall–Kier alpha value is -0.890. The van der Waals surface area contributed by atoms with E-state index in [9.17, 15) is 0 Å². The summed E-state index contributed by atoms with van der Waals surface area (Å²) in [5, 5.41) is 0. The van der Waals surface area contributed by atoms with Crippen LogP contribution in [0.5, 0.6) is 0 Å². The molecule has 0 atom stereocenters. The van der Waals surface area contributed by atoms with Crippen LogP contribution >= 0.6 is 0 Å². The molecule has 1 aromatic heterocycles. The molecule has 0 aliphatic heterocycles. The van der Waals surface area contributed by atoms with Gasteiger partial charge in [0, 0.05) is 24.6 Å². The zero-order chi connectivity index (χ0) is 9.03. The average molecular weight is 165 g/mol. The zero-order valence-corrected chi connectivity index (χ0v) is 7.87. The molecule has 0 N–H and O–H groups in total. The Kier molecular flexibility index (Phi) is 2.82. The Morgan fingerprint density at radius 2 is 2.25 bits per heavy atom. The third kappa shape index (κ3) is 2.05. The second-order valence-electron chi connectivity index (χ2n) is 3.19. The van der Waals surface area contributed by atoms with Crippen LogP contribution in [-0.4, -0.2) is 11.6 Å². The van der Waals surface area contributed by atoms with Gasteiger partial charge in [0.25, 0.3) is 0 Å². The van der Waals surface area contributed by atoms with E-state index >= 15 is 0 Å². The van der Waals surface area contributed by atoms with Gasteiger partial charge >= 0.3 is 0 Å². The molecule has 1 rings (SSSR count). The van der Waals surface area contributed by atoms with Gasteiger partial charge in [0.05, 0.1) is 5.60 Å². The van der Waals surface area contributed by atoms with Gasteiger partial charge in [0.2, 0.25) is 0 Å². The molecule has 2 nitrogen and oxygen atoms in total. The number of pyridine rings is 1. The molecule has 0 unspecified atom stereocenters. The van der Waals surface area contributed by atoms with Crippen molar-refractivity contribution in [2.75, 3.05) is 6.61 Å². The summed E-state index contributed by atoms with van der Waals surface area (Å²) in [6, 6.07) is 3.96. The van der Waals surface area contributed by atoms with Gasteiger partial charge in [-0.2, -0.15) is 0 Å². The number of nitrogens with zero attached hydrogens (tertiary/aromatic N) is 1. The monoisotopic (exact) mass is 165 g/mol. The lowest BCUT2D eigenvalue weighted by Gasteiger charge is -2.24. The molecular formula is C10H15NO. The van der Waals surface area contributed by atoms with Crippen molar-refractivity contribution in [2.45, 2.75) is 26.4 Å². The lowest BCUT2D eigenvalue weighted by atomic mass is 10.0. The van der Waals surface area contributed by atoms with E-state index in [0.29, 0.717) is 0 Å². The molecule has 2 heteroatoms. The zero-order valence-electron chi connectivity index (χ0n) is 7.87. The largest absolute Gasteiger partial charge is 0.371 e. The molecule has 0 spiro atoms. The highest BCUT2D eigenvalue weighted by molar-refractivity contribution is 5.15. The topological polar surface area (TPSA) is 22.1 Å². The lowest BCUT2D eigenvalue weighted by Crippen LogP contribution is -2.21. The van der Waals surface area contributed by atoms with E-state index < -0.39 is 0 Å². The minimum atomic E-state index is -0.219. The fourth-order valence-corrected chi connectivity index (χ4v) is 1.16. The summed E-state index contributed by atoms with van der Waals surface area (Å²) in [6.07, 6.45) is 3.61. The van der Waals surface area contributed by atoms with Gasteiger partial charge in [0.1, 0.15) is 0 Å². The fourth-order valence-electron chi connectivity index (χ4n) is 1.16. The predicted molar refractivity (Wildman–Crippen MR) is 48.9 cm³/mol. The molecule has 0 saturated carbocycles. The Balaban J connectivity index is 2.82. The number of rotatable bonds is 3. The number of aromatic nitrogens is 1. The summed E-state index contributed by atoms with van der Waals surface area (Å²) in [4.78, 5) is 4.05. The quantitative estimate of drug-likeness (QED) is 0.686. The summed E-state index contributed by atoms with van der Waals surface area (Å²) in [6.45, 7) is 6.82. The summed E-state index contributed by atoms with van der Waals surface area (Å²) < 4.78 is 5.58. The number of hydrogen-bond donors (Lipinski definition) is 0. The van der Waals surface area contributed by atoms with Gasteiger partial charge in [0.15, 0.2) is 0 Å². The molecule has 1 aromatic rings. The average Bonchev–Trinajstić information content (AvgIpc) is 2.06. The molecule has 0 aliphatic carbocycles. The number of ether oxygens (including phenoxy) is 1. The Morgan fingerprint density at radius 1 is 1.50 bits per heavy atom. The molecule has 1 heterocycles. The van der Waals surface area contributed by atoms with Crippen molar-refractivity contribution < 1.29 is 4.74 Å². The molecular weight excluding hydrogens is 150 g/mol. The van der Waals surface area contributed by atoms with Crippen LogP contribution in [0.4, 0.5) is 0 Å². The molecule has 0 aromatic carbocycles. The minimum absolute atomic E-state index is 0.219. The Labute approximate surface area is 73.6 Å². The Bertz CT molecular complexity index is 231. The minimum Gasteiger partial charge on any atom is -0.371 e. The Morgan fingerprint density at radius 3 is 2.75 bits per heavy atom. The maximum Gasteiger partial charge on any atom is 0.0889 e. The van der Waals surface area contributed by atoms with Gasteiger partial charge < -0.3 is 4.74 Å². The van der Waals surface area contributed by atoms with E-state index in [0.717, 1.165) is 12.2 Å². The maximum atomic E-state index is 5.58. The first-order valence-electron chi connectivity index (χ1n) is 4.21.